The van der Waals surface area contributed by atoms with Crippen LogP contribution in [0.4, 0.5) is 5.69 Å². The maximum absolute atomic E-state index is 5.49. The number of ether oxygens (including phenoxy) is 2. The topological polar surface area (TPSA) is 80.9 Å². The molecule has 3 rings (SSSR count). The molecule has 108 valence electrons. The maximum atomic E-state index is 5.49. The summed E-state index contributed by atoms with van der Waals surface area (Å²) in [6.07, 6.45) is 0. The summed E-state index contributed by atoms with van der Waals surface area (Å²) in [7, 11) is 0. The van der Waals surface area contributed by atoms with Crippen LogP contribution in [-0.2, 0) is 6.54 Å². The van der Waals surface area contributed by atoms with E-state index in [1.165, 1.54) is 0 Å². The highest BCUT2D eigenvalue weighted by molar-refractivity contribution is 5.93. The summed E-state index contributed by atoms with van der Waals surface area (Å²) in [5.41, 5.74) is 4.49. The second-order valence-corrected chi connectivity index (χ2v) is 4.49. The van der Waals surface area contributed by atoms with Crippen molar-refractivity contribution in [1.29, 1.82) is 0 Å². The second-order valence-electron chi connectivity index (χ2n) is 4.49. The first kappa shape index (κ1) is 13.3. The standard InChI is InChI=1S/C15H16N4O2/c16-19-15(18-12-4-2-1-3-5-12)17-9-11-6-7-13-14(8-11)21-10-20-13/h1-8H,9-10,16H2,(H2,17,18,19). The van der Waals surface area contributed by atoms with E-state index in [9.17, 15) is 0 Å². The molecule has 21 heavy (non-hydrogen) atoms. The van der Waals surface area contributed by atoms with Gasteiger partial charge in [-0.1, -0.05) is 24.3 Å². The van der Waals surface area contributed by atoms with Crippen LogP contribution in [0.3, 0.4) is 0 Å². The number of fused-ring (bicyclic) bond motifs is 1. The van der Waals surface area contributed by atoms with Crippen molar-refractivity contribution >= 4 is 11.6 Å². The van der Waals surface area contributed by atoms with Gasteiger partial charge in [-0.2, -0.15) is 0 Å². The average Bonchev–Trinajstić information content (AvgIpc) is 3.00. The molecule has 0 bridgehead atoms. The van der Waals surface area contributed by atoms with Crippen LogP contribution in [0.5, 0.6) is 11.5 Å². The minimum absolute atomic E-state index is 0.271. The molecule has 6 nitrogen and oxygen atoms in total. The van der Waals surface area contributed by atoms with Gasteiger partial charge in [-0.05, 0) is 29.8 Å². The molecule has 0 radical (unpaired) electrons. The van der Waals surface area contributed by atoms with E-state index < -0.39 is 0 Å². The van der Waals surface area contributed by atoms with E-state index >= 15 is 0 Å². The number of nitrogens with one attached hydrogen (secondary N) is 2. The SMILES string of the molecule is NNC(=NCc1ccc2c(c1)OCO2)Nc1ccccc1. The first-order valence-corrected chi connectivity index (χ1v) is 6.57. The predicted molar refractivity (Wildman–Crippen MR) is 81.1 cm³/mol. The van der Waals surface area contributed by atoms with Crippen molar-refractivity contribution < 1.29 is 9.47 Å². The number of benzene rings is 2. The first-order valence-electron chi connectivity index (χ1n) is 6.57. The third kappa shape index (κ3) is 3.24. The second kappa shape index (κ2) is 6.15. The Morgan fingerprint density at radius 2 is 1.90 bits per heavy atom. The normalized spacial score (nSPS) is 13.1. The lowest BCUT2D eigenvalue weighted by Crippen LogP contribution is -2.36. The number of nitrogens with two attached hydrogens (primary N) is 1. The number of nitrogens with zero attached hydrogens (tertiary/aromatic N) is 1. The molecule has 0 amide bonds. The summed E-state index contributed by atoms with van der Waals surface area (Å²) in [5, 5.41) is 3.11. The summed E-state index contributed by atoms with van der Waals surface area (Å²) in [5.74, 6) is 7.50. The zero-order valence-electron chi connectivity index (χ0n) is 11.4. The Bertz CT molecular complexity index is 643. The Balaban J connectivity index is 1.68. The Morgan fingerprint density at radius 3 is 2.71 bits per heavy atom. The molecule has 2 aromatic carbocycles. The van der Waals surface area contributed by atoms with Gasteiger partial charge < -0.3 is 14.8 Å². The minimum Gasteiger partial charge on any atom is -0.454 e. The number of anilines is 1. The molecular formula is C15H16N4O2. The number of aliphatic imine (C=N–C) groups is 1. The van der Waals surface area contributed by atoms with E-state index in [0.29, 0.717) is 12.5 Å². The smallest absolute Gasteiger partial charge is 0.231 e. The van der Waals surface area contributed by atoms with Crippen molar-refractivity contribution in [2.24, 2.45) is 10.8 Å². The summed E-state index contributed by atoms with van der Waals surface area (Å²) in [6.45, 7) is 0.753. The van der Waals surface area contributed by atoms with Crippen molar-refractivity contribution in [2.75, 3.05) is 12.1 Å². The molecule has 0 saturated carbocycles. The monoisotopic (exact) mass is 284 g/mol. The van der Waals surface area contributed by atoms with E-state index in [1.54, 1.807) is 0 Å². The summed E-state index contributed by atoms with van der Waals surface area (Å²) in [6, 6.07) is 15.5. The summed E-state index contributed by atoms with van der Waals surface area (Å²) >= 11 is 0. The van der Waals surface area contributed by atoms with E-state index in [1.807, 2.05) is 48.5 Å². The van der Waals surface area contributed by atoms with Crippen LogP contribution < -0.4 is 26.1 Å². The number of hydrazine groups is 1. The Kier molecular flexibility index (Phi) is 3.88. The summed E-state index contributed by atoms with van der Waals surface area (Å²) < 4.78 is 10.6. The largest absolute Gasteiger partial charge is 0.454 e. The molecule has 0 atom stereocenters. The lowest BCUT2D eigenvalue weighted by Gasteiger charge is -2.09. The zero-order valence-corrected chi connectivity index (χ0v) is 11.4. The van der Waals surface area contributed by atoms with Crippen LogP contribution in [0.2, 0.25) is 0 Å². The Hall–Kier alpha value is -2.73. The molecule has 1 aliphatic rings. The molecule has 0 spiro atoms. The molecule has 0 aliphatic carbocycles. The lowest BCUT2D eigenvalue weighted by molar-refractivity contribution is 0.174. The van der Waals surface area contributed by atoms with Crippen molar-refractivity contribution in [3.8, 4) is 11.5 Å². The first-order chi connectivity index (χ1) is 10.3. The van der Waals surface area contributed by atoms with E-state index in [2.05, 4.69) is 15.7 Å². The third-order valence-corrected chi connectivity index (χ3v) is 3.03. The fraction of sp³-hybridized carbons (Fsp3) is 0.133. The molecule has 0 aromatic heterocycles. The van der Waals surface area contributed by atoms with E-state index in [-0.39, 0.29) is 6.79 Å². The molecule has 6 heteroatoms. The Labute approximate surface area is 122 Å². The number of hydrogen-bond donors (Lipinski definition) is 3. The number of guanidine groups is 1. The molecular weight excluding hydrogens is 268 g/mol. The van der Waals surface area contributed by atoms with Gasteiger partial charge in [-0.3, -0.25) is 5.43 Å². The third-order valence-electron chi connectivity index (χ3n) is 3.03. The molecule has 2 aromatic rings. The average molecular weight is 284 g/mol. The van der Waals surface area contributed by atoms with Gasteiger partial charge in [0.2, 0.25) is 12.8 Å². The van der Waals surface area contributed by atoms with Crippen LogP contribution in [0, 0.1) is 0 Å². The minimum atomic E-state index is 0.271. The van der Waals surface area contributed by atoms with Gasteiger partial charge in [0.25, 0.3) is 0 Å². The van der Waals surface area contributed by atoms with Gasteiger partial charge in [0.15, 0.2) is 11.5 Å². The van der Waals surface area contributed by atoms with Gasteiger partial charge >= 0.3 is 0 Å². The van der Waals surface area contributed by atoms with Crippen molar-refractivity contribution in [2.45, 2.75) is 6.54 Å². The van der Waals surface area contributed by atoms with Gasteiger partial charge in [0, 0.05) is 5.69 Å². The van der Waals surface area contributed by atoms with Crippen LogP contribution in [0.1, 0.15) is 5.56 Å². The van der Waals surface area contributed by atoms with Gasteiger partial charge in [-0.15, -0.1) is 0 Å². The molecule has 1 heterocycles. The lowest BCUT2D eigenvalue weighted by atomic mass is 10.2. The molecule has 0 unspecified atom stereocenters. The van der Waals surface area contributed by atoms with Crippen molar-refractivity contribution in [3.05, 3.63) is 54.1 Å². The van der Waals surface area contributed by atoms with E-state index in [4.69, 9.17) is 15.3 Å². The number of rotatable bonds is 3. The number of hydrogen-bond acceptors (Lipinski definition) is 4. The molecule has 1 aliphatic heterocycles. The van der Waals surface area contributed by atoms with Crippen LogP contribution in [0.15, 0.2) is 53.5 Å². The predicted octanol–water partition coefficient (Wildman–Crippen LogP) is 1.85. The highest BCUT2D eigenvalue weighted by Crippen LogP contribution is 2.32. The van der Waals surface area contributed by atoms with Gasteiger partial charge in [0.1, 0.15) is 0 Å². The van der Waals surface area contributed by atoms with Crippen molar-refractivity contribution in [1.82, 2.24) is 5.43 Å². The highest BCUT2D eigenvalue weighted by atomic mass is 16.7. The Morgan fingerprint density at radius 1 is 1.10 bits per heavy atom. The molecule has 0 fully saturated rings. The fourth-order valence-electron chi connectivity index (χ4n) is 1.99. The van der Waals surface area contributed by atoms with E-state index in [0.717, 1.165) is 22.7 Å². The van der Waals surface area contributed by atoms with Crippen LogP contribution in [-0.4, -0.2) is 12.8 Å². The van der Waals surface area contributed by atoms with Crippen LogP contribution >= 0.6 is 0 Å². The quantitative estimate of drug-likeness (QED) is 0.347. The van der Waals surface area contributed by atoms with Crippen LogP contribution in [0.25, 0.3) is 0 Å². The molecule has 4 N–H and O–H groups in total. The number of para-hydroxylation sites is 1. The van der Waals surface area contributed by atoms with Gasteiger partial charge in [0.05, 0.1) is 6.54 Å². The maximum Gasteiger partial charge on any atom is 0.231 e. The zero-order chi connectivity index (χ0) is 14.5. The fourth-order valence-corrected chi connectivity index (χ4v) is 1.99. The van der Waals surface area contributed by atoms with Crippen molar-refractivity contribution in [3.63, 3.8) is 0 Å². The van der Waals surface area contributed by atoms with Gasteiger partial charge in [-0.25, -0.2) is 10.8 Å². The highest BCUT2D eigenvalue weighted by Gasteiger charge is 2.12. The summed E-state index contributed by atoms with van der Waals surface area (Å²) in [4.78, 5) is 4.41. The molecule has 0 saturated heterocycles.